The molecule has 1 aliphatic rings. The van der Waals surface area contributed by atoms with Crippen molar-refractivity contribution >= 4 is 11.6 Å². The van der Waals surface area contributed by atoms with Crippen LogP contribution in [0.1, 0.15) is 58.2 Å². The van der Waals surface area contributed by atoms with E-state index in [2.05, 4.69) is 34.4 Å². The quantitative estimate of drug-likeness (QED) is 0.825. The maximum absolute atomic E-state index is 4.52. The first kappa shape index (κ1) is 15.1. The minimum atomic E-state index is 0.571. The molecule has 0 bridgehead atoms. The molecule has 2 N–H and O–H groups in total. The van der Waals surface area contributed by atoms with Gasteiger partial charge in [-0.2, -0.15) is 0 Å². The summed E-state index contributed by atoms with van der Waals surface area (Å²) in [6.45, 7) is 7.37. The van der Waals surface area contributed by atoms with Crippen molar-refractivity contribution in [1.82, 2.24) is 9.97 Å². The van der Waals surface area contributed by atoms with E-state index in [4.69, 9.17) is 0 Å². The molecule has 0 aromatic carbocycles. The minimum Gasteiger partial charge on any atom is -0.370 e. The molecule has 0 aliphatic heterocycles. The molecule has 112 valence electrons. The lowest BCUT2D eigenvalue weighted by atomic mass is 9.84. The van der Waals surface area contributed by atoms with Gasteiger partial charge in [-0.1, -0.05) is 33.1 Å². The first-order valence-corrected chi connectivity index (χ1v) is 8.07. The predicted octanol–water partition coefficient (Wildman–Crippen LogP) is 3.99. The molecule has 1 fully saturated rings. The van der Waals surface area contributed by atoms with Crippen molar-refractivity contribution in [3.8, 4) is 0 Å². The maximum atomic E-state index is 4.52. The summed E-state index contributed by atoms with van der Waals surface area (Å²) in [5.41, 5.74) is 0. The number of hydrogen-bond donors (Lipinski definition) is 2. The average Bonchev–Trinajstić information content (AvgIpc) is 2.44. The topological polar surface area (TPSA) is 49.8 Å². The van der Waals surface area contributed by atoms with Gasteiger partial charge in [-0.05, 0) is 32.1 Å². The highest BCUT2D eigenvalue weighted by atomic mass is 15.1. The van der Waals surface area contributed by atoms with Crippen molar-refractivity contribution < 1.29 is 0 Å². The van der Waals surface area contributed by atoms with Crippen molar-refractivity contribution in [2.45, 2.75) is 65.3 Å². The minimum absolute atomic E-state index is 0.571. The summed E-state index contributed by atoms with van der Waals surface area (Å²) >= 11 is 0. The molecule has 4 nitrogen and oxygen atoms in total. The fraction of sp³-hybridized carbons (Fsp3) is 0.750. The van der Waals surface area contributed by atoms with Gasteiger partial charge in [0.1, 0.15) is 17.5 Å². The Hall–Kier alpha value is -1.32. The second-order valence-corrected chi connectivity index (χ2v) is 5.89. The maximum Gasteiger partial charge on any atom is 0.132 e. The molecule has 1 aliphatic carbocycles. The van der Waals surface area contributed by atoms with Gasteiger partial charge in [-0.15, -0.1) is 0 Å². The number of aryl methyl sites for hydroxylation is 1. The van der Waals surface area contributed by atoms with Gasteiger partial charge >= 0.3 is 0 Å². The third-order valence-corrected chi connectivity index (χ3v) is 4.11. The van der Waals surface area contributed by atoms with Crippen LogP contribution in [0.5, 0.6) is 0 Å². The normalized spacial score (nSPS) is 22.6. The van der Waals surface area contributed by atoms with Crippen molar-refractivity contribution in [3.63, 3.8) is 0 Å². The summed E-state index contributed by atoms with van der Waals surface area (Å²) in [6, 6.07) is 2.61. The summed E-state index contributed by atoms with van der Waals surface area (Å²) in [6.07, 6.45) is 7.66. The van der Waals surface area contributed by atoms with Crippen LogP contribution in [0.2, 0.25) is 0 Å². The van der Waals surface area contributed by atoms with Crippen LogP contribution in [-0.4, -0.2) is 22.6 Å². The van der Waals surface area contributed by atoms with Crippen molar-refractivity contribution in [2.24, 2.45) is 5.92 Å². The number of aromatic nitrogens is 2. The molecular weight excluding hydrogens is 248 g/mol. The molecule has 2 unspecified atom stereocenters. The van der Waals surface area contributed by atoms with Gasteiger partial charge in [0.05, 0.1) is 0 Å². The lowest BCUT2D eigenvalue weighted by Crippen LogP contribution is -2.27. The average molecular weight is 276 g/mol. The van der Waals surface area contributed by atoms with E-state index in [9.17, 15) is 0 Å². The molecular formula is C16H28N4. The van der Waals surface area contributed by atoms with E-state index in [-0.39, 0.29) is 0 Å². The summed E-state index contributed by atoms with van der Waals surface area (Å²) in [5.74, 6) is 3.61. The first-order chi connectivity index (χ1) is 9.71. The second-order valence-electron chi connectivity index (χ2n) is 5.89. The van der Waals surface area contributed by atoms with E-state index < -0.39 is 0 Å². The molecule has 1 saturated carbocycles. The third kappa shape index (κ3) is 4.36. The van der Waals surface area contributed by atoms with Gasteiger partial charge in [-0.3, -0.25) is 0 Å². The van der Waals surface area contributed by atoms with E-state index in [1.165, 1.54) is 32.1 Å². The lowest BCUT2D eigenvalue weighted by molar-refractivity contribution is 0.327. The standard InChI is InChI=1S/C16H28N4/c1-4-9-17-15-11-16(19-12(3)18-15)20-14-8-6-7-13(5-2)10-14/h11,13-14H,4-10H2,1-3H3,(H2,17,18,19,20). The number of rotatable bonds is 6. The molecule has 2 atom stereocenters. The number of anilines is 2. The van der Waals surface area contributed by atoms with E-state index in [1.807, 2.05) is 13.0 Å². The van der Waals surface area contributed by atoms with Crippen LogP contribution in [0.3, 0.4) is 0 Å². The van der Waals surface area contributed by atoms with Crippen molar-refractivity contribution in [1.29, 1.82) is 0 Å². The van der Waals surface area contributed by atoms with Crippen molar-refractivity contribution in [2.75, 3.05) is 17.2 Å². The SMILES string of the molecule is CCCNc1cc(NC2CCCC(CC)C2)nc(C)n1. The summed E-state index contributed by atoms with van der Waals surface area (Å²) in [5, 5.41) is 6.95. The summed E-state index contributed by atoms with van der Waals surface area (Å²) < 4.78 is 0. The Morgan fingerprint density at radius 2 is 2.00 bits per heavy atom. The highest BCUT2D eigenvalue weighted by Gasteiger charge is 2.21. The van der Waals surface area contributed by atoms with Crippen LogP contribution in [0.4, 0.5) is 11.6 Å². The van der Waals surface area contributed by atoms with E-state index in [0.29, 0.717) is 6.04 Å². The molecule has 1 aromatic heterocycles. The fourth-order valence-corrected chi connectivity index (χ4v) is 2.99. The molecule has 2 rings (SSSR count). The largest absolute Gasteiger partial charge is 0.370 e. The van der Waals surface area contributed by atoms with E-state index in [0.717, 1.165) is 36.3 Å². The summed E-state index contributed by atoms with van der Waals surface area (Å²) in [4.78, 5) is 8.96. The molecule has 1 aromatic rings. The Morgan fingerprint density at radius 3 is 2.75 bits per heavy atom. The second kappa shape index (κ2) is 7.46. The van der Waals surface area contributed by atoms with Gasteiger partial charge in [0.15, 0.2) is 0 Å². The molecule has 0 saturated heterocycles. The molecule has 0 spiro atoms. The van der Waals surface area contributed by atoms with Gasteiger partial charge in [0.2, 0.25) is 0 Å². The fourth-order valence-electron chi connectivity index (χ4n) is 2.99. The highest BCUT2D eigenvalue weighted by molar-refractivity contribution is 5.48. The number of nitrogens with one attached hydrogen (secondary N) is 2. The van der Waals surface area contributed by atoms with E-state index >= 15 is 0 Å². The van der Waals surface area contributed by atoms with Crippen molar-refractivity contribution in [3.05, 3.63) is 11.9 Å². The van der Waals surface area contributed by atoms with Gasteiger partial charge in [0.25, 0.3) is 0 Å². The van der Waals surface area contributed by atoms with Crippen LogP contribution < -0.4 is 10.6 Å². The Morgan fingerprint density at radius 1 is 1.20 bits per heavy atom. The van der Waals surface area contributed by atoms with Crippen LogP contribution in [0.15, 0.2) is 6.07 Å². The Labute approximate surface area is 122 Å². The van der Waals surface area contributed by atoms with Crippen LogP contribution in [-0.2, 0) is 0 Å². The first-order valence-electron chi connectivity index (χ1n) is 8.07. The molecule has 1 heterocycles. The predicted molar refractivity (Wildman–Crippen MR) is 85.2 cm³/mol. The zero-order chi connectivity index (χ0) is 14.4. The zero-order valence-corrected chi connectivity index (χ0v) is 13.1. The number of nitrogens with zero attached hydrogens (tertiary/aromatic N) is 2. The lowest BCUT2D eigenvalue weighted by Gasteiger charge is -2.29. The Kier molecular flexibility index (Phi) is 5.62. The molecule has 20 heavy (non-hydrogen) atoms. The van der Waals surface area contributed by atoms with Crippen LogP contribution in [0.25, 0.3) is 0 Å². The smallest absolute Gasteiger partial charge is 0.132 e. The monoisotopic (exact) mass is 276 g/mol. The van der Waals surface area contributed by atoms with Crippen LogP contribution in [0, 0.1) is 12.8 Å². The number of hydrogen-bond acceptors (Lipinski definition) is 4. The zero-order valence-electron chi connectivity index (χ0n) is 13.1. The Balaban J connectivity index is 1.99. The summed E-state index contributed by atoms with van der Waals surface area (Å²) in [7, 11) is 0. The Bertz CT molecular complexity index is 419. The third-order valence-electron chi connectivity index (χ3n) is 4.11. The van der Waals surface area contributed by atoms with Gasteiger partial charge in [-0.25, -0.2) is 9.97 Å². The van der Waals surface area contributed by atoms with Crippen LogP contribution >= 0.6 is 0 Å². The highest BCUT2D eigenvalue weighted by Crippen LogP contribution is 2.28. The molecule has 0 amide bonds. The van der Waals surface area contributed by atoms with Gasteiger partial charge < -0.3 is 10.6 Å². The molecule has 4 heteroatoms. The molecule has 0 radical (unpaired) electrons. The van der Waals surface area contributed by atoms with E-state index in [1.54, 1.807) is 0 Å². The van der Waals surface area contributed by atoms with Gasteiger partial charge in [0, 0.05) is 18.7 Å².